The zero-order chi connectivity index (χ0) is 12.3. The maximum atomic E-state index is 12.0. The second kappa shape index (κ2) is 5.16. The van der Waals surface area contributed by atoms with Gasteiger partial charge in [0.25, 0.3) is 0 Å². The molecule has 1 fully saturated rings. The number of rotatable bonds is 4. The summed E-state index contributed by atoms with van der Waals surface area (Å²) < 4.78 is 28.4. The Morgan fingerprint density at radius 3 is 2.82 bits per heavy atom. The van der Waals surface area contributed by atoms with Crippen LogP contribution in [-0.4, -0.2) is 36.5 Å². The minimum absolute atomic E-state index is 0.267. The van der Waals surface area contributed by atoms with Crippen LogP contribution in [0, 0.1) is 0 Å². The summed E-state index contributed by atoms with van der Waals surface area (Å²) in [6, 6.07) is 1.81. The number of hydrogen-bond donors (Lipinski definition) is 2. The summed E-state index contributed by atoms with van der Waals surface area (Å²) in [5.74, 6) is 0. The van der Waals surface area contributed by atoms with Gasteiger partial charge in [-0.1, -0.05) is 0 Å². The van der Waals surface area contributed by atoms with Crippen molar-refractivity contribution in [3.8, 4) is 0 Å². The topological polar surface area (TPSA) is 76.0 Å². The van der Waals surface area contributed by atoms with Crippen LogP contribution in [-0.2, 0) is 23.6 Å². The molecule has 0 aromatic carbocycles. The lowest BCUT2D eigenvalue weighted by atomic mass is 10.2. The molecule has 7 heteroatoms. The number of nitrogens with zero attached hydrogens (tertiary/aromatic N) is 2. The lowest BCUT2D eigenvalue weighted by Crippen LogP contribution is -2.41. The van der Waals surface area contributed by atoms with Crippen molar-refractivity contribution in [3.63, 3.8) is 0 Å². The van der Waals surface area contributed by atoms with Gasteiger partial charge in [-0.3, -0.25) is 4.68 Å². The summed E-state index contributed by atoms with van der Waals surface area (Å²) in [5, 5.41) is 6.89. The highest BCUT2D eigenvalue weighted by Crippen LogP contribution is 2.12. The van der Waals surface area contributed by atoms with E-state index in [0.717, 1.165) is 18.8 Å². The quantitative estimate of drug-likeness (QED) is 0.770. The number of hydrogen-bond acceptors (Lipinski definition) is 4. The maximum absolute atomic E-state index is 12.0. The van der Waals surface area contributed by atoms with Crippen molar-refractivity contribution in [3.05, 3.63) is 18.0 Å². The zero-order valence-corrected chi connectivity index (χ0v) is 10.7. The van der Waals surface area contributed by atoms with Gasteiger partial charge in [0.1, 0.15) is 0 Å². The molecule has 0 amide bonds. The molecule has 0 aliphatic carbocycles. The average molecular weight is 258 g/mol. The minimum atomic E-state index is -3.21. The first-order chi connectivity index (χ1) is 8.09. The van der Waals surface area contributed by atoms with Crippen molar-refractivity contribution in [2.24, 2.45) is 7.05 Å². The highest BCUT2D eigenvalue weighted by Gasteiger charge is 2.26. The van der Waals surface area contributed by atoms with Crippen molar-refractivity contribution < 1.29 is 8.42 Å². The average Bonchev–Trinajstić information content (AvgIpc) is 2.74. The van der Waals surface area contributed by atoms with Crippen LogP contribution in [0.2, 0.25) is 0 Å². The molecule has 96 valence electrons. The van der Waals surface area contributed by atoms with Crippen molar-refractivity contribution in [2.45, 2.75) is 24.6 Å². The molecule has 0 saturated carbocycles. The van der Waals surface area contributed by atoms with E-state index >= 15 is 0 Å². The standard InChI is InChI=1S/C10H18N4O2S/c1-14-9(2-7-12-14)8-13-17(15,16)10-3-5-11-6-4-10/h2,7,10-11,13H,3-6,8H2,1H3. The molecule has 0 radical (unpaired) electrons. The minimum Gasteiger partial charge on any atom is -0.317 e. The van der Waals surface area contributed by atoms with Crippen LogP contribution in [0.1, 0.15) is 18.5 Å². The molecule has 0 unspecified atom stereocenters. The Morgan fingerprint density at radius 2 is 2.24 bits per heavy atom. The Labute approximate surface area is 101 Å². The molecule has 17 heavy (non-hydrogen) atoms. The van der Waals surface area contributed by atoms with E-state index < -0.39 is 10.0 Å². The highest BCUT2D eigenvalue weighted by atomic mass is 32.2. The molecule has 2 heterocycles. The Hall–Kier alpha value is -0.920. The number of sulfonamides is 1. The summed E-state index contributed by atoms with van der Waals surface area (Å²) in [4.78, 5) is 0. The van der Waals surface area contributed by atoms with Crippen molar-refractivity contribution >= 4 is 10.0 Å². The van der Waals surface area contributed by atoms with Gasteiger partial charge < -0.3 is 5.32 Å². The SMILES string of the molecule is Cn1nccc1CNS(=O)(=O)C1CCNCC1. The first-order valence-electron chi connectivity index (χ1n) is 5.75. The molecule has 2 N–H and O–H groups in total. The third-order valence-corrected chi connectivity index (χ3v) is 5.00. The molecular formula is C10H18N4O2S. The number of aromatic nitrogens is 2. The van der Waals surface area contributed by atoms with Crippen LogP contribution < -0.4 is 10.0 Å². The predicted octanol–water partition coefficient (Wildman–Crippen LogP) is -0.408. The third kappa shape index (κ3) is 3.05. The Bertz CT molecular complexity index is 462. The van der Waals surface area contributed by atoms with Gasteiger partial charge in [0.15, 0.2) is 0 Å². The largest absolute Gasteiger partial charge is 0.317 e. The highest BCUT2D eigenvalue weighted by molar-refractivity contribution is 7.90. The molecule has 1 aliphatic heterocycles. The molecule has 6 nitrogen and oxygen atoms in total. The van der Waals surface area contributed by atoms with Gasteiger partial charge in [-0.25, -0.2) is 13.1 Å². The summed E-state index contributed by atoms with van der Waals surface area (Å²) in [7, 11) is -1.41. The summed E-state index contributed by atoms with van der Waals surface area (Å²) in [6.07, 6.45) is 3.02. The fourth-order valence-electron chi connectivity index (χ4n) is 1.97. The van der Waals surface area contributed by atoms with Crippen LogP contribution in [0.15, 0.2) is 12.3 Å². The normalized spacial score (nSPS) is 18.4. The Morgan fingerprint density at radius 1 is 1.53 bits per heavy atom. The molecule has 2 rings (SSSR count). The molecule has 1 aromatic rings. The van der Waals surface area contributed by atoms with Gasteiger partial charge >= 0.3 is 0 Å². The van der Waals surface area contributed by atoms with E-state index in [1.165, 1.54) is 0 Å². The number of nitrogens with one attached hydrogen (secondary N) is 2. The molecular weight excluding hydrogens is 240 g/mol. The monoisotopic (exact) mass is 258 g/mol. The molecule has 1 saturated heterocycles. The van der Waals surface area contributed by atoms with Gasteiger partial charge in [-0.2, -0.15) is 5.10 Å². The van der Waals surface area contributed by atoms with Crippen LogP contribution in [0.25, 0.3) is 0 Å². The van der Waals surface area contributed by atoms with Gasteiger partial charge in [-0.15, -0.1) is 0 Å². The summed E-state index contributed by atoms with van der Waals surface area (Å²) in [6.45, 7) is 1.86. The Balaban J connectivity index is 1.95. The van der Waals surface area contributed by atoms with Crippen molar-refractivity contribution in [1.29, 1.82) is 0 Å². The number of aryl methyl sites for hydroxylation is 1. The molecule has 0 atom stereocenters. The predicted molar refractivity (Wildman–Crippen MR) is 64.9 cm³/mol. The van der Waals surface area contributed by atoms with Crippen LogP contribution in [0.3, 0.4) is 0 Å². The zero-order valence-electron chi connectivity index (χ0n) is 9.89. The second-order valence-corrected chi connectivity index (χ2v) is 6.31. The van der Waals surface area contributed by atoms with Gasteiger partial charge in [0.2, 0.25) is 10.0 Å². The Kier molecular flexibility index (Phi) is 3.80. The van der Waals surface area contributed by atoms with E-state index in [9.17, 15) is 8.42 Å². The van der Waals surface area contributed by atoms with Gasteiger partial charge in [0.05, 0.1) is 17.5 Å². The molecule has 1 aliphatic rings. The van der Waals surface area contributed by atoms with E-state index in [1.807, 2.05) is 6.07 Å². The van der Waals surface area contributed by atoms with E-state index in [4.69, 9.17) is 0 Å². The summed E-state index contributed by atoms with van der Waals surface area (Å²) in [5.41, 5.74) is 0.863. The van der Waals surface area contributed by atoms with E-state index in [2.05, 4.69) is 15.1 Å². The smallest absolute Gasteiger partial charge is 0.214 e. The van der Waals surface area contributed by atoms with E-state index in [1.54, 1.807) is 17.9 Å². The van der Waals surface area contributed by atoms with E-state index in [-0.39, 0.29) is 5.25 Å². The molecule has 1 aromatic heterocycles. The lowest BCUT2D eigenvalue weighted by molar-refractivity contribution is 0.488. The summed E-state index contributed by atoms with van der Waals surface area (Å²) >= 11 is 0. The molecule has 0 spiro atoms. The van der Waals surface area contributed by atoms with Gasteiger partial charge in [0, 0.05) is 13.2 Å². The van der Waals surface area contributed by atoms with Crippen molar-refractivity contribution in [2.75, 3.05) is 13.1 Å². The van der Waals surface area contributed by atoms with Crippen LogP contribution >= 0.6 is 0 Å². The fraction of sp³-hybridized carbons (Fsp3) is 0.700. The van der Waals surface area contributed by atoms with Crippen molar-refractivity contribution in [1.82, 2.24) is 19.8 Å². The van der Waals surface area contributed by atoms with E-state index in [0.29, 0.717) is 19.4 Å². The fourth-order valence-corrected chi connectivity index (χ4v) is 3.41. The molecule has 0 bridgehead atoms. The first kappa shape index (κ1) is 12.5. The van der Waals surface area contributed by atoms with Crippen LogP contribution in [0.4, 0.5) is 0 Å². The third-order valence-electron chi connectivity index (χ3n) is 3.10. The first-order valence-corrected chi connectivity index (χ1v) is 7.30. The van der Waals surface area contributed by atoms with Crippen LogP contribution in [0.5, 0.6) is 0 Å². The maximum Gasteiger partial charge on any atom is 0.214 e. The van der Waals surface area contributed by atoms with Gasteiger partial charge in [-0.05, 0) is 32.0 Å². The lowest BCUT2D eigenvalue weighted by Gasteiger charge is -2.22. The number of piperidine rings is 1. The second-order valence-electron chi connectivity index (χ2n) is 4.26.